The van der Waals surface area contributed by atoms with Crippen LogP contribution in [0.1, 0.15) is 33.9 Å². The molecule has 3 rings (SSSR count). The van der Waals surface area contributed by atoms with Crippen molar-refractivity contribution in [2.75, 3.05) is 6.54 Å². The van der Waals surface area contributed by atoms with E-state index in [4.69, 9.17) is 8.83 Å². The molecule has 7 nitrogen and oxygen atoms in total. The Labute approximate surface area is 157 Å². The summed E-state index contributed by atoms with van der Waals surface area (Å²) in [6, 6.07) is 8.90. The lowest BCUT2D eigenvalue weighted by atomic mass is 10.2. The predicted octanol–water partition coefficient (Wildman–Crippen LogP) is 2.92. The fourth-order valence-electron chi connectivity index (χ4n) is 2.65. The van der Waals surface area contributed by atoms with Crippen LogP contribution < -0.4 is 5.32 Å². The van der Waals surface area contributed by atoms with Crippen molar-refractivity contribution in [1.29, 1.82) is 0 Å². The summed E-state index contributed by atoms with van der Waals surface area (Å²) in [6.07, 6.45) is 6.61. The molecule has 0 aliphatic carbocycles. The first-order valence-corrected chi connectivity index (χ1v) is 8.65. The van der Waals surface area contributed by atoms with E-state index in [-0.39, 0.29) is 31.3 Å². The van der Waals surface area contributed by atoms with Gasteiger partial charge in [0.15, 0.2) is 0 Å². The van der Waals surface area contributed by atoms with Crippen molar-refractivity contribution >= 4 is 11.8 Å². The van der Waals surface area contributed by atoms with E-state index in [2.05, 4.69) is 10.3 Å². The zero-order valence-corrected chi connectivity index (χ0v) is 15.1. The molecule has 2 amide bonds. The van der Waals surface area contributed by atoms with Crippen molar-refractivity contribution in [1.82, 2.24) is 15.2 Å². The van der Waals surface area contributed by atoms with Crippen LogP contribution in [0.4, 0.5) is 0 Å². The number of hydrogen-bond acceptors (Lipinski definition) is 5. The van der Waals surface area contributed by atoms with Crippen molar-refractivity contribution in [2.45, 2.75) is 26.4 Å². The lowest BCUT2D eigenvalue weighted by Gasteiger charge is -2.21. The van der Waals surface area contributed by atoms with Crippen molar-refractivity contribution < 1.29 is 18.4 Å². The normalized spacial score (nSPS) is 10.6. The number of pyridine rings is 1. The first kappa shape index (κ1) is 18.4. The number of furan rings is 2. The first-order valence-electron chi connectivity index (χ1n) is 8.65. The molecule has 0 unspecified atom stereocenters. The van der Waals surface area contributed by atoms with E-state index in [1.807, 2.05) is 12.1 Å². The van der Waals surface area contributed by atoms with Crippen molar-refractivity contribution in [3.63, 3.8) is 0 Å². The van der Waals surface area contributed by atoms with Gasteiger partial charge in [0.2, 0.25) is 5.91 Å². The topological polar surface area (TPSA) is 88.6 Å². The molecule has 0 spiro atoms. The Balaban J connectivity index is 1.60. The third kappa shape index (κ3) is 5.07. The summed E-state index contributed by atoms with van der Waals surface area (Å²) < 4.78 is 10.6. The molecule has 0 saturated carbocycles. The Morgan fingerprint density at radius 3 is 2.70 bits per heavy atom. The average molecular weight is 367 g/mol. The van der Waals surface area contributed by atoms with Crippen LogP contribution in [0.3, 0.4) is 0 Å². The maximum absolute atomic E-state index is 12.8. The Morgan fingerprint density at radius 2 is 2.04 bits per heavy atom. The van der Waals surface area contributed by atoms with E-state index in [1.165, 1.54) is 6.26 Å². The Bertz CT molecular complexity index is 872. The van der Waals surface area contributed by atoms with Gasteiger partial charge in [-0.1, -0.05) is 6.07 Å². The minimum absolute atomic E-state index is 0.139. The van der Waals surface area contributed by atoms with Crippen LogP contribution >= 0.6 is 0 Å². The molecular weight excluding hydrogens is 346 g/mol. The van der Waals surface area contributed by atoms with E-state index in [0.717, 1.165) is 5.56 Å². The highest BCUT2D eigenvalue weighted by Crippen LogP contribution is 2.15. The van der Waals surface area contributed by atoms with Crippen LogP contribution in [-0.2, 0) is 17.9 Å². The molecule has 3 aromatic rings. The van der Waals surface area contributed by atoms with Gasteiger partial charge in [-0.05, 0) is 36.8 Å². The van der Waals surface area contributed by atoms with Crippen LogP contribution in [0.15, 0.2) is 64.1 Å². The number of amides is 2. The lowest BCUT2D eigenvalue weighted by Crippen LogP contribution is -2.35. The summed E-state index contributed by atoms with van der Waals surface area (Å²) in [5.41, 5.74) is 1.40. The number of nitrogens with zero attached hydrogens (tertiary/aromatic N) is 2. The minimum atomic E-state index is -0.197. The fraction of sp³-hybridized carbons (Fsp3) is 0.250. The van der Waals surface area contributed by atoms with Gasteiger partial charge in [-0.15, -0.1) is 0 Å². The quantitative estimate of drug-likeness (QED) is 0.661. The van der Waals surface area contributed by atoms with Gasteiger partial charge in [0.05, 0.1) is 24.6 Å². The van der Waals surface area contributed by atoms with E-state index < -0.39 is 0 Å². The zero-order valence-electron chi connectivity index (χ0n) is 15.1. The van der Waals surface area contributed by atoms with Crippen LogP contribution in [0.2, 0.25) is 0 Å². The number of rotatable bonds is 8. The molecule has 3 heterocycles. The molecule has 140 valence electrons. The van der Waals surface area contributed by atoms with Crippen molar-refractivity contribution in [3.8, 4) is 0 Å². The number of carbonyl (C=O) groups is 2. The molecule has 1 N–H and O–H groups in total. The smallest absolute Gasteiger partial charge is 0.257 e. The van der Waals surface area contributed by atoms with Crippen molar-refractivity contribution in [2.24, 2.45) is 0 Å². The van der Waals surface area contributed by atoms with Gasteiger partial charge in [0.1, 0.15) is 11.5 Å². The second-order valence-corrected chi connectivity index (χ2v) is 6.08. The van der Waals surface area contributed by atoms with Crippen LogP contribution in [0.25, 0.3) is 0 Å². The molecule has 7 heteroatoms. The van der Waals surface area contributed by atoms with Gasteiger partial charge >= 0.3 is 0 Å². The van der Waals surface area contributed by atoms with E-state index >= 15 is 0 Å². The minimum Gasteiger partial charge on any atom is -0.469 e. The van der Waals surface area contributed by atoms with Gasteiger partial charge in [0.25, 0.3) is 5.91 Å². The van der Waals surface area contributed by atoms with E-state index in [1.54, 1.807) is 48.7 Å². The molecular formula is C20H21N3O4. The molecule has 0 radical (unpaired) electrons. The summed E-state index contributed by atoms with van der Waals surface area (Å²) in [4.78, 5) is 30.6. The Morgan fingerprint density at radius 1 is 1.15 bits per heavy atom. The molecule has 3 aromatic heterocycles. The zero-order chi connectivity index (χ0) is 19.1. The lowest BCUT2D eigenvalue weighted by molar-refractivity contribution is -0.121. The maximum Gasteiger partial charge on any atom is 0.257 e. The third-order valence-corrected chi connectivity index (χ3v) is 4.12. The third-order valence-electron chi connectivity index (χ3n) is 4.12. The van der Waals surface area contributed by atoms with Gasteiger partial charge in [-0.3, -0.25) is 14.6 Å². The summed E-state index contributed by atoms with van der Waals surface area (Å²) >= 11 is 0. The maximum atomic E-state index is 12.8. The Kier molecular flexibility index (Phi) is 6.04. The fourth-order valence-corrected chi connectivity index (χ4v) is 2.65. The van der Waals surface area contributed by atoms with Gasteiger partial charge in [-0.25, -0.2) is 0 Å². The molecule has 27 heavy (non-hydrogen) atoms. The molecule has 0 aliphatic rings. The largest absolute Gasteiger partial charge is 0.469 e. The number of nitrogens with one attached hydrogen (secondary N) is 1. The van der Waals surface area contributed by atoms with E-state index in [9.17, 15) is 9.59 Å². The second kappa shape index (κ2) is 8.84. The van der Waals surface area contributed by atoms with Gasteiger partial charge in [-0.2, -0.15) is 0 Å². The van der Waals surface area contributed by atoms with Crippen LogP contribution in [-0.4, -0.2) is 28.2 Å². The number of hydrogen-bond donors (Lipinski definition) is 1. The van der Waals surface area contributed by atoms with E-state index in [0.29, 0.717) is 23.6 Å². The highest BCUT2D eigenvalue weighted by Gasteiger charge is 2.21. The first-order chi connectivity index (χ1) is 13.1. The summed E-state index contributed by atoms with van der Waals surface area (Å²) in [6.45, 7) is 2.69. The molecule has 0 saturated heterocycles. The summed E-state index contributed by atoms with van der Waals surface area (Å²) in [5.74, 6) is 0.864. The molecule has 0 aromatic carbocycles. The van der Waals surface area contributed by atoms with Crippen LogP contribution in [0, 0.1) is 6.92 Å². The highest BCUT2D eigenvalue weighted by molar-refractivity contribution is 5.95. The summed E-state index contributed by atoms with van der Waals surface area (Å²) in [5, 5.41) is 2.84. The second-order valence-electron chi connectivity index (χ2n) is 6.08. The molecule has 0 aliphatic heterocycles. The molecule has 0 bridgehead atoms. The number of aryl methyl sites for hydroxylation is 1. The van der Waals surface area contributed by atoms with Crippen molar-refractivity contribution in [3.05, 3.63) is 77.9 Å². The van der Waals surface area contributed by atoms with Gasteiger partial charge < -0.3 is 19.1 Å². The predicted molar refractivity (Wildman–Crippen MR) is 97.6 cm³/mol. The SMILES string of the molecule is Cc1occc1C(=O)N(CCC(=O)NCc1cccnc1)Cc1ccco1. The average Bonchev–Trinajstić information content (AvgIpc) is 3.35. The van der Waals surface area contributed by atoms with Gasteiger partial charge in [0, 0.05) is 31.9 Å². The number of aromatic nitrogens is 1. The summed E-state index contributed by atoms with van der Waals surface area (Å²) in [7, 11) is 0. The highest BCUT2D eigenvalue weighted by atomic mass is 16.3. The van der Waals surface area contributed by atoms with Crippen LogP contribution in [0.5, 0.6) is 0 Å². The Hall–Kier alpha value is -3.35. The monoisotopic (exact) mass is 367 g/mol. The molecule has 0 fully saturated rings. The standard InChI is InChI=1S/C20H21N3O4/c1-15-18(7-11-26-15)20(25)23(14-17-5-3-10-27-17)9-6-19(24)22-13-16-4-2-8-21-12-16/h2-5,7-8,10-12H,6,9,13-14H2,1H3,(H,22,24). The molecule has 0 atom stereocenters. The number of carbonyl (C=O) groups excluding carboxylic acids is 2.